The van der Waals surface area contributed by atoms with Crippen molar-refractivity contribution >= 4 is 17.2 Å². The zero-order valence-electron chi connectivity index (χ0n) is 13.8. The number of nitrogens with zero attached hydrogens (tertiary/aromatic N) is 4. The van der Waals surface area contributed by atoms with Crippen LogP contribution in [0.15, 0.2) is 5.38 Å². The molecular weight excluding hydrogens is 303 g/mol. The predicted octanol–water partition coefficient (Wildman–Crippen LogP) is 1.38. The Balaban J connectivity index is 1.94. The summed E-state index contributed by atoms with van der Waals surface area (Å²) in [7, 11) is 5.54. The summed E-state index contributed by atoms with van der Waals surface area (Å²) in [6.45, 7) is 4.01. The number of alkyl halides is 1. The molecule has 1 fully saturated rings. The van der Waals surface area contributed by atoms with Gasteiger partial charge in [-0.1, -0.05) is 0 Å². The zero-order valence-corrected chi connectivity index (χ0v) is 14.6. The van der Waals surface area contributed by atoms with Crippen LogP contribution in [-0.2, 0) is 11.3 Å². The fourth-order valence-corrected chi connectivity index (χ4v) is 3.41. The first-order valence-corrected chi connectivity index (χ1v) is 8.41. The van der Waals surface area contributed by atoms with Crippen LogP contribution in [0.25, 0.3) is 0 Å². The minimum Gasteiger partial charge on any atom is -0.343 e. The molecule has 7 heteroatoms. The second kappa shape index (κ2) is 7.48. The Kier molecular flexibility index (Phi) is 5.88. The molecule has 0 radical (unpaired) electrons. The van der Waals surface area contributed by atoms with E-state index >= 15 is 0 Å². The third-order valence-corrected chi connectivity index (χ3v) is 4.69. The lowest BCUT2D eigenvalue weighted by molar-refractivity contribution is -0.131. The van der Waals surface area contributed by atoms with Crippen molar-refractivity contribution in [3.05, 3.63) is 16.1 Å². The van der Waals surface area contributed by atoms with E-state index in [1.54, 1.807) is 23.3 Å². The number of carbonyl (C=O) groups excluding carboxylic acids is 1. The second-order valence-electron chi connectivity index (χ2n) is 6.29. The number of hydrogen-bond acceptors (Lipinski definition) is 5. The number of hydrogen-bond donors (Lipinski definition) is 0. The van der Waals surface area contributed by atoms with E-state index in [1.165, 1.54) is 0 Å². The average Bonchev–Trinajstić information content (AvgIpc) is 2.95. The molecule has 0 bridgehead atoms. The fraction of sp³-hybridized carbons (Fsp3) is 0.733. The number of rotatable bonds is 6. The van der Waals surface area contributed by atoms with Crippen molar-refractivity contribution in [3.63, 3.8) is 0 Å². The maximum absolute atomic E-state index is 13.8. The van der Waals surface area contributed by atoms with Crippen molar-refractivity contribution in [3.8, 4) is 0 Å². The Morgan fingerprint density at radius 3 is 2.82 bits per heavy atom. The highest BCUT2D eigenvalue weighted by Gasteiger charge is 2.33. The molecule has 0 N–H and O–H groups in total. The number of aromatic nitrogens is 1. The summed E-state index contributed by atoms with van der Waals surface area (Å²) in [6.07, 6.45) is -0.329. The first kappa shape index (κ1) is 17.3. The van der Waals surface area contributed by atoms with Crippen molar-refractivity contribution in [2.75, 3.05) is 40.8 Å². The minimum absolute atomic E-state index is 0.0631. The van der Waals surface area contributed by atoms with Gasteiger partial charge in [0.05, 0.1) is 17.2 Å². The lowest BCUT2D eigenvalue weighted by Crippen LogP contribution is -2.43. The van der Waals surface area contributed by atoms with Gasteiger partial charge in [-0.25, -0.2) is 9.37 Å². The van der Waals surface area contributed by atoms with Crippen molar-refractivity contribution in [2.45, 2.75) is 32.1 Å². The topological polar surface area (TPSA) is 39.7 Å². The fourth-order valence-electron chi connectivity index (χ4n) is 2.80. The number of likely N-dealkylation sites (N-methyl/N-ethyl adjacent to an activating group) is 2. The average molecular weight is 328 g/mol. The van der Waals surface area contributed by atoms with E-state index in [0.717, 1.165) is 10.7 Å². The highest BCUT2D eigenvalue weighted by atomic mass is 32.1. The van der Waals surface area contributed by atoms with E-state index in [4.69, 9.17) is 0 Å². The Morgan fingerprint density at radius 2 is 2.23 bits per heavy atom. The third kappa shape index (κ3) is 4.72. The SMILES string of the molecule is Cc1nc(CN2C[C@@H](F)C[C@H]2CN(C)C(=O)CN(C)C)cs1. The predicted molar refractivity (Wildman–Crippen MR) is 86.8 cm³/mol. The highest BCUT2D eigenvalue weighted by Crippen LogP contribution is 2.24. The molecule has 5 nitrogen and oxygen atoms in total. The van der Waals surface area contributed by atoms with Crippen LogP contribution in [0, 0.1) is 6.92 Å². The molecular formula is C15H25FN4OS. The van der Waals surface area contributed by atoms with Crippen LogP contribution in [0.4, 0.5) is 4.39 Å². The van der Waals surface area contributed by atoms with E-state index < -0.39 is 6.17 Å². The summed E-state index contributed by atoms with van der Waals surface area (Å²) in [5.41, 5.74) is 0.990. The maximum Gasteiger partial charge on any atom is 0.236 e. The largest absolute Gasteiger partial charge is 0.343 e. The molecule has 124 valence electrons. The lowest BCUT2D eigenvalue weighted by atomic mass is 10.2. The summed E-state index contributed by atoms with van der Waals surface area (Å²) in [5.74, 6) is 0.0664. The van der Waals surface area contributed by atoms with Gasteiger partial charge in [0, 0.05) is 38.1 Å². The lowest BCUT2D eigenvalue weighted by Gasteiger charge is -2.28. The van der Waals surface area contributed by atoms with Crippen LogP contribution in [0.1, 0.15) is 17.1 Å². The monoisotopic (exact) mass is 328 g/mol. The third-order valence-electron chi connectivity index (χ3n) is 3.87. The number of carbonyl (C=O) groups is 1. The van der Waals surface area contributed by atoms with E-state index in [2.05, 4.69) is 9.88 Å². The molecule has 22 heavy (non-hydrogen) atoms. The standard InChI is InChI=1S/C15H25FN4OS/c1-11-17-13(10-22-11)7-20-6-12(16)5-14(20)8-19(4)15(21)9-18(2)3/h10,12,14H,5-9H2,1-4H3/t12-,14-/m0/s1. The number of aryl methyl sites for hydroxylation is 1. The highest BCUT2D eigenvalue weighted by molar-refractivity contribution is 7.09. The van der Waals surface area contributed by atoms with Gasteiger partial charge in [0.15, 0.2) is 0 Å². The molecule has 0 aliphatic carbocycles. The van der Waals surface area contributed by atoms with Crippen molar-refractivity contribution in [1.29, 1.82) is 0 Å². The molecule has 2 rings (SSSR count). The molecule has 2 heterocycles. The molecule has 1 aliphatic rings. The van der Waals surface area contributed by atoms with Crippen LogP contribution in [0.2, 0.25) is 0 Å². The maximum atomic E-state index is 13.8. The molecule has 1 amide bonds. The number of thiazole rings is 1. The van der Waals surface area contributed by atoms with Crippen LogP contribution in [-0.4, -0.2) is 78.6 Å². The Bertz CT molecular complexity index is 507. The van der Waals surface area contributed by atoms with Gasteiger partial charge in [-0.2, -0.15) is 0 Å². The van der Waals surface area contributed by atoms with Crippen molar-refractivity contribution in [1.82, 2.24) is 19.7 Å². The van der Waals surface area contributed by atoms with Crippen LogP contribution < -0.4 is 0 Å². The van der Waals surface area contributed by atoms with Crippen molar-refractivity contribution < 1.29 is 9.18 Å². The molecule has 1 saturated heterocycles. The van der Waals surface area contributed by atoms with Crippen LogP contribution in [0.3, 0.4) is 0 Å². The van der Waals surface area contributed by atoms with Gasteiger partial charge in [0.1, 0.15) is 6.17 Å². The Morgan fingerprint density at radius 1 is 1.50 bits per heavy atom. The second-order valence-corrected chi connectivity index (χ2v) is 7.35. The molecule has 1 aromatic rings. The smallest absolute Gasteiger partial charge is 0.236 e. The van der Waals surface area contributed by atoms with Crippen LogP contribution in [0.5, 0.6) is 0 Å². The van der Waals surface area contributed by atoms with E-state index in [1.807, 2.05) is 31.3 Å². The number of likely N-dealkylation sites (tertiary alicyclic amines) is 1. The van der Waals surface area contributed by atoms with E-state index in [0.29, 0.717) is 32.6 Å². The van der Waals surface area contributed by atoms with Gasteiger partial charge in [-0.3, -0.25) is 9.69 Å². The van der Waals surface area contributed by atoms with Gasteiger partial charge < -0.3 is 9.80 Å². The molecule has 0 aromatic carbocycles. The zero-order chi connectivity index (χ0) is 16.3. The number of amides is 1. The van der Waals surface area contributed by atoms with Gasteiger partial charge in [-0.15, -0.1) is 11.3 Å². The molecule has 0 saturated carbocycles. The molecule has 1 aromatic heterocycles. The quantitative estimate of drug-likeness (QED) is 0.791. The van der Waals surface area contributed by atoms with E-state index in [9.17, 15) is 9.18 Å². The van der Waals surface area contributed by atoms with Gasteiger partial charge in [0.25, 0.3) is 0 Å². The van der Waals surface area contributed by atoms with Gasteiger partial charge in [0.2, 0.25) is 5.91 Å². The van der Waals surface area contributed by atoms with Crippen LogP contribution >= 0.6 is 11.3 Å². The molecule has 0 spiro atoms. The Hall–Kier alpha value is -1.05. The minimum atomic E-state index is -0.818. The summed E-state index contributed by atoms with van der Waals surface area (Å²) in [6, 6.07) is 0.0631. The molecule has 2 atom stereocenters. The summed E-state index contributed by atoms with van der Waals surface area (Å²) < 4.78 is 13.8. The first-order chi connectivity index (χ1) is 10.3. The summed E-state index contributed by atoms with van der Waals surface area (Å²) in [5, 5.41) is 3.06. The molecule has 0 unspecified atom stereocenters. The summed E-state index contributed by atoms with van der Waals surface area (Å²) >= 11 is 1.61. The van der Waals surface area contributed by atoms with Gasteiger partial charge in [-0.05, 0) is 27.4 Å². The summed E-state index contributed by atoms with van der Waals surface area (Å²) in [4.78, 5) is 22.2. The molecule has 1 aliphatic heterocycles. The normalized spacial score (nSPS) is 22.5. The van der Waals surface area contributed by atoms with E-state index in [-0.39, 0.29) is 11.9 Å². The number of halogens is 1. The Labute approximate surface area is 135 Å². The van der Waals surface area contributed by atoms with Gasteiger partial charge >= 0.3 is 0 Å². The first-order valence-electron chi connectivity index (χ1n) is 7.53. The van der Waals surface area contributed by atoms with Crippen molar-refractivity contribution in [2.24, 2.45) is 0 Å².